The molecule has 106 valence electrons. The fraction of sp³-hybridized carbons (Fsp3) is 0.357. The topological polar surface area (TPSA) is 29.9 Å². The van der Waals surface area contributed by atoms with Crippen LogP contribution < -0.4 is 5.32 Å². The van der Waals surface area contributed by atoms with E-state index in [0.717, 1.165) is 18.9 Å². The van der Waals surface area contributed by atoms with Crippen LogP contribution in [-0.2, 0) is 19.3 Å². The van der Waals surface area contributed by atoms with E-state index in [2.05, 4.69) is 22.5 Å². The Kier molecular flexibility index (Phi) is 3.25. The second-order valence-corrected chi connectivity index (χ2v) is 4.89. The smallest absolute Gasteiger partial charge is 0.291 e. The number of benzene rings is 1. The molecule has 0 spiro atoms. The third-order valence-corrected chi connectivity index (χ3v) is 3.56. The van der Waals surface area contributed by atoms with E-state index in [0.29, 0.717) is 0 Å². The molecular formula is C14H14F3N3. The molecule has 2 aromatic rings. The molecular weight excluding hydrogens is 267 g/mol. The normalized spacial score (nSPS) is 18.2. The van der Waals surface area contributed by atoms with Gasteiger partial charge in [-0.25, -0.2) is 0 Å². The highest BCUT2D eigenvalue weighted by molar-refractivity contribution is 5.34. The molecule has 0 radical (unpaired) electrons. The molecule has 0 fully saturated rings. The molecule has 0 bridgehead atoms. The Hall–Kier alpha value is -1.82. The van der Waals surface area contributed by atoms with Gasteiger partial charge < -0.3 is 0 Å². The molecule has 0 amide bonds. The molecule has 1 aromatic carbocycles. The second kappa shape index (κ2) is 4.94. The van der Waals surface area contributed by atoms with E-state index in [9.17, 15) is 13.2 Å². The first-order chi connectivity index (χ1) is 9.54. The summed E-state index contributed by atoms with van der Waals surface area (Å²) in [5.41, 5.74) is 1.68. The first-order valence-corrected chi connectivity index (χ1v) is 6.46. The van der Waals surface area contributed by atoms with Crippen molar-refractivity contribution in [3.63, 3.8) is 0 Å². The van der Waals surface area contributed by atoms with Gasteiger partial charge >= 0.3 is 6.18 Å². The predicted octanol–water partition coefficient (Wildman–Crippen LogP) is 3.14. The van der Waals surface area contributed by atoms with Crippen molar-refractivity contribution in [3.8, 4) is 0 Å². The van der Waals surface area contributed by atoms with Gasteiger partial charge in [-0.2, -0.15) is 18.3 Å². The van der Waals surface area contributed by atoms with Crippen molar-refractivity contribution in [2.75, 3.05) is 0 Å². The van der Waals surface area contributed by atoms with Crippen molar-refractivity contribution >= 4 is 0 Å². The first-order valence-electron chi connectivity index (χ1n) is 6.46. The molecule has 1 aliphatic rings. The van der Waals surface area contributed by atoms with Gasteiger partial charge in [0, 0.05) is 12.2 Å². The minimum Gasteiger partial charge on any atom is -0.291 e. The summed E-state index contributed by atoms with van der Waals surface area (Å²) in [5.74, 6) is 0. The van der Waals surface area contributed by atoms with Crippen LogP contribution >= 0.6 is 0 Å². The SMILES string of the molecule is FC(F)(F)c1ccn(CNC2CCc3ccccc32)n1. The first kappa shape index (κ1) is 13.2. The van der Waals surface area contributed by atoms with Crippen LogP contribution in [0.1, 0.15) is 29.3 Å². The molecule has 3 nitrogen and oxygen atoms in total. The average molecular weight is 281 g/mol. The molecule has 1 aromatic heterocycles. The van der Waals surface area contributed by atoms with Gasteiger partial charge in [0.25, 0.3) is 0 Å². The van der Waals surface area contributed by atoms with Crippen LogP contribution in [0.5, 0.6) is 0 Å². The Morgan fingerprint density at radius 1 is 1.25 bits per heavy atom. The standard InChI is InChI=1S/C14H14F3N3/c15-14(16,17)13-7-8-20(19-13)9-18-12-6-5-10-3-1-2-4-11(10)12/h1-4,7-8,12,18H,5-6,9H2. The maximum atomic E-state index is 12.4. The zero-order chi connectivity index (χ0) is 14.2. The molecule has 1 aliphatic carbocycles. The van der Waals surface area contributed by atoms with E-state index in [1.54, 1.807) is 0 Å². The lowest BCUT2D eigenvalue weighted by Crippen LogP contribution is -2.23. The van der Waals surface area contributed by atoms with Crippen LogP contribution in [0.4, 0.5) is 13.2 Å². The monoisotopic (exact) mass is 281 g/mol. The van der Waals surface area contributed by atoms with Crippen molar-refractivity contribution in [1.82, 2.24) is 15.1 Å². The minimum atomic E-state index is -4.38. The number of aromatic nitrogens is 2. The Morgan fingerprint density at radius 3 is 2.80 bits per heavy atom. The Morgan fingerprint density at radius 2 is 2.05 bits per heavy atom. The van der Waals surface area contributed by atoms with Gasteiger partial charge in [-0.15, -0.1) is 0 Å². The van der Waals surface area contributed by atoms with Gasteiger partial charge in [-0.3, -0.25) is 10.00 Å². The number of alkyl halides is 3. The maximum absolute atomic E-state index is 12.4. The number of fused-ring (bicyclic) bond motifs is 1. The van der Waals surface area contributed by atoms with E-state index in [4.69, 9.17) is 0 Å². The summed E-state index contributed by atoms with van der Waals surface area (Å²) < 4.78 is 38.6. The molecule has 1 N–H and O–H groups in total. The Balaban J connectivity index is 1.65. The number of hydrogen-bond acceptors (Lipinski definition) is 2. The average Bonchev–Trinajstić information content (AvgIpc) is 3.02. The molecule has 6 heteroatoms. The van der Waals surface area contributed by atoms with Crippen LogP contribution in [0.15, 0.2) is 36.5 Å². The van der Waals surface area contributed by atoms with Gasteiger partial charge in [-0.1, -0.05) is 24.3 Å². The summed E-state index contributed by atoms with van der Waals surface area (Å²) in [6.45, 7) is 0.273. The zero-order valence-corrected chi connectivity index (χ0v) is 10.7. The lowest BCUT2D eigenvalue weighted by Gasteiger charge is -2.14. The van der Waals surface area contributed by atoms with E-state index in [-0.39, 0.29) is 12.7 Å². The third-order valence-electron chi connectivity index (χ3n) is 3.56. The Bertz CT molecular complexity index is 604. The van der Waals surface area contributed by atoms with Crippen LogP contribution in [0.25, 0.3) is 0 Å². The summed E-state index contributed by atoms with van der Waals surface area (Å²) in [7, 11) is 0. The lowest BCUT2D eigenvalue weighted by atomic mass is 10.1. The Labute approximate surface area is 114 Å². The van der Waals surface area contributed by atoms with E-state index in [1.807, 2.05) is 12.1 Å². The fourth-order valence-corrected chi connectivity index (χ4v) is 2.57. The molecule has 1 unspecified atom stereocenters. The summed E-state index contributed by atoms with van der Waals surface area (Å²) in [4.78, 5) is 0. The lowest BCUT2D eigenvalue weighted by molar-refractivity contribution is -0.141. The molecule has 20 heavy (non-hydrogen) atoms. The number of halogens is 3. The number of hydrogen-bond donors (Lipinski definition) is 1. The van der Waals surface area contributed by atoms with Crippen LogP contribution in [0.2, 0.25) is 0 Å². The number of nitrogens with zero attached hydrogens (tertiary/aromatic N) is 2. The van der Waals surface area contributed by atoms with Crippen molar-refractivity contribution in [1.29, 1.82) is 0 Å². The number of aryl methyl sites for hydroxylation is 1. The molecule has 1 heterocycles. The van der Waals surface area contributed by atoms with Crippen LogP contribution in [0.3, 0.4) is 0 Å². The second-order valence-electron chi connectivity index (χ2n) is 4.89. The summed E-state index contributed by atoms with van der Waals surface area (Å²) >= 11 is 0. The summed E-state index contributed by atoms with van der Waals surface area (Å²) in [6, 6.07) is 9.31. The highest BCUT2D eigenvalue weighted by Crippen LogP contribution is 2.31. The van der Waals surface area contributed by atoms with Crippen molar-refractivity contribution in [2.45, 2.75) is 31.7 Å². The zero-order valence-electron chi connectivity index (χ0n) is 10.7. The summed E-state index contributed by atoms with van der Waals surface area (Å²) in [6.07, 6.45) is -1.07. The van der Waals surface area contributed by atoms with Crippen LogP contribution in [-0.4, -0.2) is 9.78 Å². The van der Waals surface area contributed by atoms with E-state index < -0.39 is 11.9 Å². The van der Waals surface area contributed by atoms with Gasteiger partial charge in [0.05, 0.1) is 6.67 Å². The highest BCUT2D eigenvalue weighted by atomic mass is 19.4. The molecule has 0 aliphatic heterocycles. The van der Waals surface area contributed by atoms with E-state index in [1.165, 1.54) is 22.0 Å². The number of rotatable bonds is 3. The molecule has 3 rings (SSSR count). The van der Waals surface area contributed by atoms with Crippen molar-refractivity contribution < 1.29 is 13.2 Å². The van der Waals surface area contributed by atoms with Gasteiger partial charge in [-0.05, 0) is 30.0 Å². The maximum Gasteiger partial charge on any atom is 0.435 e. The van der Waals surface area contributed by atoms with Gasteiger partial charge in [0.15, 0.2) is 5.69 Å². The predicted molar refractivity (Wildman–Crippen MR) is 67.9 cm³/mol. The third kappa shape index (κ3) is 2.56. The molecule has 1 atom stereocenters. The van der Waals surface area contributed by atoms with Gasteiger partial charge in [0.1, 0.15) is 0 Å². The van der Waals surface area contributed by atoms with Crippen molar-refractivity contribution in [3.05, 3.63) is 53.3 Å². The van der Waals surface area contributed by atoms with Crippen molar-refractivity contribution in [2.24, 2.45) is 0 Å². The minimum absolute atomic E-state index is 0.185. The van der Waals surface area contributed by atoms with E-state index >= 15 is 0 Å². The fourth-order valence-electron chi connectivity index (χ4n) is 2.57. The summed E-state index contributed by atoms with van der Waals surface area (Å²) in [5, 5.41) is 6.78. The molecule has 0 saturated carbocycles. The van der Waals surface area contributed by atoms with Gasteiger partial charge in [0.2, 0.25) is 0 Å². The van der Waals surface area contributed by atoms with Crippen LogP contribution in [0, 0.1) is 0 Å². The molecule has 0 saturated heterocycles. The largest absolute Gasteiger partial charge is 0.435 e. The highest BCUT2D eigenvalue weighted by Gasteiger charge is 2.33. The quantitative estimate of drug-likeness (QED) is 0.936. The number of nitrogens with one attached hydrogen (secondary N) is 1.